The first-order valence-corrected chi connectivity index (χ1v) is 9.39. The van der Waals surface area contributed by atoms with E-state index in [0.29, 0.717) is 11.1 Å². The normalized spacial score (nSPS) is 17.6. The number of aromatic nitrogens is 2. The zero-order valence-corrected chi connectivity index (χ0v) is 15.5. The predicted molar refractivity (Wildman–Crippen MR) is 104 cm³/mol. The van der Waals surface area contributed by atoms with Crippen LogP contribution in [0.15, 0.2) is 42.5 Å². The highest BCUT2D eigenvalue weighted by molar-refractivity contribution is 5.97. The average Bonchev–Trinajstić information content (AvgIpc) is 3.27. The van der Waals surface area contributed by atoms with Crippen LogP contribution in [-0.4, -0.2) is 42.0 Å². The molecule has 3 heterocycles. The molecule has 0 atom stereocenters. The number of carbonyl (C=O) groups excluding carboxylic acids is 2. The van der Waals surface area contributed by atoms with Crippen LogP contribution in [-0.2, 0) is 10.3 Å². The SMILES string of the molecule is CNC(=O)c1ccc2nc(N3CCC4(CC3)OC(=O)c3ccccc34)[nH]c2c1. The first-order valence-electron chi connectivity index (χ1n) is 9.39. The molecule has 0 saturated carbocycles. The van der Waals surface area contributed by atoms with Gasteiger partial charge in [0, 0.05) is 44.1 Å². The molecule has 1 aromatic heterocycles. The van der Waals surface area contributed by atoms with E-state index >= 15 is 0 Å². The van der Waals surface area contributed by atoms with Gasteiger partial charge in [-0.25, -0.2) is 9.78 Å². The fourth-order valence-electron chi connectivity index (χ4n) is 4.23. The van der Waals surface area contributed by atoms with E-state index in [1.54, 1.807) is 13.1 Å². The van der Waals surface area contributed by atoms with Gasteiger partial charge in [-0.05, 0) is 24.3 Å². The molecule has 1 saturated heterocycles. The Hall–Kier alpha value is -3.35. The molecule has 0 unspecified atom stereocenters. The van der Waals surface area contributed by atoms with E-state index in [1.165, 1.54) is 0 Å². The Morgan fingerprint density at radius 3 is 2.79 bits per heavy atom. The highest BCUT2D eigenvalue weighted by Gasteiger charge is 2.47. The molecule has 2 aliphatic rings. The van der Waals surface area contributed by atoms with Crippen molar-refractivity contribution in [1.29, 1.82) is 0 Å². The minimum absolute atomic E-state index is 0.125. The number of nitrogens with one attached hydrogen (secondary N) is 2. The number of esters is 1. The number of aromatic amines is 1. The number of anilines is 1. The number of hydrogen-bond donors (Lipinski definition) is 2. The van der Waals surface area contributed by atoms with Gasteiger partial charge >= 0.3 is 5.97 Å². The number of imidazole rings is 1. The molecule has 7 heteroatoms. The lowest BCUT2D eigenvalue weighted by molar-refractivity contribution is -0.0211. The van der Waals surface area contributed by atoms with Gasteiger partial charge in [0.25, 0.3) is 5.91 Å². The summed E-state index contributed by atoms with van der Waals surface area (Å²) < 4.78 is 5.82. The molecule has 0 bridgehead atoms. The zero-order valence-electron chi connectivity index (χ0n) is 15.5. The summed E-state index contributed by atoms with van der Waals surface area (Å²) in [6.45, 7) is 1.45. The summed E-state index contributed by atoms with van der Waals surface area (Å²) >= 11 is 0. The number of nitrogens with zero attached hydrogens (tertiary/aromatic N) is 2. The van der Waals surface area contributed by atoms with Gasteiger partial charge in [-0.15, -0.1) is 0 Å². The van der Waals surface area contributed by atoms with E-state index in [4.69, 9.17) is 4.74 Å². The van der Waals surface area contributed by atoms with Crippen molar-refractivity contribution in [2.75, 3.05) is 25.0 Å². The van der Waals surface area contributed by atoms with Crippen LogP contribution in [0.3, 0.4) is 0 Å². The Kier molecular flexibility index (Phi) is 3.65. The van der Waals surface area contributed by atoms with Crippen molar-refractivity contribution in [1.82, 2.24) is 15.3 Å². The van der Waals surface area contributed by atoms with E-state index in [1.807, 2.05) is 36.4 Å². The predicted octanol–water partition coefficient (Wildman–Crippen LogP) is 2.59. The second kappa shape index (κ2) is 6.09. The third kappa shape index (κ3) is 2.46. The fourth-order valence-corrected chi connectivity index (χ4v) is 4.23. The van der Waals surface area contributed by atoms with Crippen molar-refractivity contribution in [3.63, 3.8) is 0 Å². The van der Waals surface area contributed by atoms with Gasteiger partial charge in [0.15, 0.2) is 0 Å². The topological polar surface area (TPSA) is 87.3 Å². The molecule has 2 N–H and O–H groups in total. The van der Waals surface area contributed by atoms with Crippen molar-refractivity contribution in [3.8, 4) is 0 Å². The van der Waals surface area contributed by atoms with Crippen LogP contribution in [0.1, 0.15) is 39.1 Å². The first-order chi connectivity index (χ1) is 13.6. The Bertz CT molecular complexity index is 1100. The molecule has 0 radical (unpaired) electrons. The molecule has 1 fully saturated rings. The van der Waals surface area contributed by atoms with E-state index in [0.717, 1.165) is 48.5 Å². The highest BCUT2D eigenvalue weighted by Crippen LogP contribution is 2.44. The number of amides is 1. The quantitative estimate of drug-likeness (QED) is 0.672. The summed E-state index contributed by atoms with van der Waals surface area (Å²) in [7, 11) is 1.61. The Balaban J connectivity index is 1.39. The van der Waals surface area contributed by atoms with Crippen molar-refractivity contribution < 1.29 is 14.3 Å². The maximum Gasteiger partial charge on any atom is 0.339 e. The monoisotopic (exact) mass is 376 g/mol. The van der Waals surface area contributed by atoms with Crippen molar-refractivity contribution in [2.24, 2.45) is 0 Å². The number of benzene rings is 2. The molecule has 2 aromatic carbocycles. The Morgan fingerprint density at radius 2 is 2.00 bits per heavy atom. The van der Waals surface area contributed by atoms with Crippen LogP contribution in [0.5, 0.6) is 0 Å². The van der Waals surface area contributed by atoms with Gasteiger partial charge in [0.05, 0.1) is 16.6 Å². The summed E-state index contributed by atoms with van der Waals surface area (Å²) in [5, 5.41) is 2.63. The zero-order chi connectivity index (χ0) is 19.3. The second-order valence-electron chi connectivity index (χ2n) is 7.29. The lowest BCUT2D eigenvalue weighted by Gasteiger charge is -2.38. The average molecular weight is 376 g/mol. The number of rotatable bonds is 2. The maximum atomic E-state index is 12.2. The third-order valence-electron chi connectivity index (χ3n) is 5.76. The van der Waals surface area contributed by atoms with Crippen molar-refractivity contribution >= 4 is 28.9 Å². The summed E-state index contributed by atoms with van der Waals surface area (Å²) in [6.07, 6.45) is 1.44. The Morgan fingerprint density at radius 1 is 1.21 bits per heavy atom. The van der Waals surface area contributed by atoms with Gasteiger partial charge in [-0.3, -0.25) is 4.79 Å². The number of hydrogen-bond acceptors (Lipinski definition) is 5. The minimum atomic E-state index is -0.525. The third-order valence-corrected chi connectivity index (χ3v) is 5.76. The number of fused-ring (bicyclic) bond motifs is 3. The minimum Gasteiger partial charge on any atom is -0.450 e. The van der Waals surface area contributed by atoms with Crippen LogP contribution >= 0.6 is 0 Å². The smallest absolute Gasteiger partial charge is 0.339 e. The van der Waals surface area contributed by atoms with Crippen LogP contribution in [0.25, 0.3) is 11.0 Å². The summed E-state index contributed by atoms with van der Waals surface area (Å²) in [5.41, 5.74) is 3.40. The van der Waals surface area contributed by atoms with Gasteiger partial charge in [-0.1, -0.05) is 18.2 Å². The highest BCUT2D eigenvalue weighted by atomic mass is 16.6. The van der Waals surface area contributed by atoms with Gasteiger partial charge in [0.1, 0.15) is 5.60 Å². The molecule has 0 aliphatic carbocycles. The van der Waals surface area contributed by atoms with Crippen molar-refractivity contribution in [2.45, 2.75) is 18.4 Å². The Labute approximate surface area is 161 Å². The number of ether oxygens (including phenoxy) is 1. The van der Waals surface area contributed by atoms with Crippen LogP contribution in [0, 0.1) is 0 Å². The van der Waals surface area contributed by atoms with Crippen LogP contribution < -0.4 is 10.2 Å². The van der Waals surface area contributed by atoms with E-state index in [9.17, 15) is 9.59 Å². The molecular formula is C21H20N4O3. The lowest BCUT2D eigenvalue weighted by Crippen LogP contribution is -2.43. The van der Waals surface area contributed by atoms with Gasteiger partial charge in [-0.2, -0.15) is 0 Å². The second-order valence-corrected chi connectivity index (χ2v) is 7.29. The summed E-state index contributed by atoms with van der Waals surface area (Å²) in [4.78, 5) is 34.2. The molecule has 2 aliphatic heterocycles. The van der Waals surface area contributed by atoms with E-state index in [-0.39, 0.29) is 11.9 Å². The molecule has 1 spiro atoms. The molecule has 5 rings (SSSR count). The number of H-pyrrole nitrogens is 1. The standard InChI is InChI=1S/C21H20N4O3/c1-22-18(26)13-6-7-16-17(12-13)24-20(23-16)25-10-8-21(9-11-25)15-5-3-2-4-14(15)19(27)28-21/h2-7,12H,8-11H2,1H3,(H,22,26)(H,23,24). The van der Waals surface area contributed by atoms with Crippen LogP contribution in [0.2, 0.25) is 0 Å². The van der Waals surface area contributed by atoms with E-state index in [2.05, 4.69) is 20.2 Å². The van der Waals surface area contributed by atoms with E-state index < -0.39 is 5.60 Å². The summed E-state index contributed by atoms with van der Waals surface area (Å²) in [5.74, 6) is 0.422. The van der Waals surface area contributed by atoms with Gasteiger partial charge < -0.3 is 19.9 Å². The largest absolute Gasteiger partial charge is 0.450 e. The first kappa shape index (κ1) is 16.8. The maximum absolute atomic E-state index is 12.2. The lowest BCUT2D eigenvalue weighted by atomic mass is 9.84. The molecule has 28 heavy (non-hydrogen) atoms. The van der Waals surface area contributed by atoms with Crippen LogP contribution in [0.4, 0.5) is 5.95 Å². The van der Waals surface area contributed by atoms with Gasteiger partial charge in [0.2, 0.25) is 5.95 Å². The van der Waals surface area contributed by atoms with Crippen molar-refractivity contribution in [3.05, 3.63) is 59.2 Å². The number of carbonyl (C=O) groups is 2. The molecule has 142 valence electrons. The molecule has 7 nitrogen and oxygen atoms in total. The molecule has 3 aromatic rings. The fraction of sp³-hybridized carbons (Fsp3) is 0.286. The number of piperidine rings is 1. The molecule has 1 amide bonds. The summed E-state index contributed by atoms with van der Waals surface area (Å²) in [6, 6.07) is 13.1. The molecular weight excluding hydrogens is 356 g/mol.